The molecule has 0 saturated carbocycles. The summed E-state index contributed by atoms with van der Waals surface area (Å²) >= 11 is 0. The molecule has 0 amide bonds. The Bertz CT molecular complexity index is 472. The van der Waals surface area contributed by atoms with E-state index in [0.29, 0.717) is 0 Å². The quantitative estimate of drug-likeness (QED) is 0.263. The smallest absolute Gasteiger partial charge is 0.315 e. The molecule has 8 nitrogen and oxygen atoms in total. The van der Waals surface area contributed by atoms with Crippen LogP contribution < -0.4 is 15.2 Å². The zero-order valence-electron chi connectivity index (χ0n) is 9.21. The van der Waals surface area contributed by atoms with E-state index in [4.69, 9.17) is 20.4 Å². The van der Waals surface area contributed by atoms with Gasteiger partial charge in [0.25, 0.3) is 0 Å². The second-order valence-electron chi connectivity index (χ2n) is 2.97. The predicted octanol–water partition coefficient (Wildman–Crippen LogP) is 0.706. The second kappa shape index (κ2) is 5.01. The summed E-state index contributed by atoms with van der Waals surface area (Å²) in [7, 11) is 2.62. The van der Waals surface area contributed by atoms with Crippen molar-refractivity contribution < 1.29 is 19.6 Å². The Hall–Kier alpha value is -2.51. The van der Waals surface area contributed by atoms with Crippen LogP contribution in [0.1, 0.15) is 5.56 Å². The van der Waals surface area contributed by atoms with Crippen molar-refractivity contribution in [2.24, 2.45) is 10.9 Å². The van der Waals surface area contributed by atoms with Crippen molar-refractivity contribution in [2.75, 3.05) is 14.2 Å². The number of methoxy groups -OCH3 is 2. The van der Waals surface area contributed by atoms with Gasteiger partial charge >= 0.3 is 5.69 Å². The van der Waals surface area contributed by atoms with Gasteiger partial charge in [0.1, 0.15) is 0 Å². The van der Waals surface area contributed by atoms with Gasteiger partial charge in [-0.05, 0) is 6.07 Å². The van der Waals surface area contributed by atoms with Crippen LogP contribution in [-0.4, -0.2) is 30.2 Å². The summed E-state index contributed by atoms with van der Waals surface area (Å²) in [5, 5.41) is 22.1. The molecule has 1 aromatic carbocycles. The fourth-order valence-electron chi connectivity index (χ4n) is 1.29. The van der Waals surface area contributed by atoms with Gasteiger partial charge in [0, 0.05) is 11.6 Å². The van der Waals surface area contributed by atoms with E-state index in [2.05, 4.69) is 5.16 Å². The van der Waals surface area contributed by atoms with E-state index in [1.54, 1.807) is 0 Å². The van der Waals surface area contributed by atoms with Crippen molar-refractivity contribution in [2.45, 2.75) is 0 Å². The zero-order chi connectivity index (χ0) is 13.0. The molecule has 0 aliphatic rings. The fourth-order valence-corrected chi connectivity index (χ4v) is 1.29. The lowest BCUT2D eigenvalue weighted by Crippen LogP contribution is -2.14. The number of ether oxygens (including phenoxy) is 2. The summed E-state index contributed by atoms with van der Waals surface area (Å²) in [4.78, 5) is 10.2. The Morgan fingerprint density at radius 2 is 2.12 bits per heavy atom. The number of rotatable bonds is 4. The minimum Gasteiger partial charge on any atom is -0.493 e. The summed E-state index contributed by atoms with van der Waals surface area (Å²) in [5.41, 5.74) is 5.20. The van der Waals surface area contributed by atoms with E-state index < -0.39 is 4.92 Å². The van der Waals surface area contributed by atoms with Crippen molar-refractivity contribution in [1.82, 2.24) is 0 Å². The largest absolute Gasteiger partial charge is 0.493 e. The summed E-state index contributed by atoms with van der Waals surface area (Å²) < 4.78 is 9.83. The molecule has 0 saturated heterocycles. The highest BCUT2D eigenvalue weighted by atomic mass is 16.6. The summed E-state index contributed by atoms with van der Waals surface area (Å²) in [6, 6.07) is 2.51. The first-order chi connectivity index (χ1) is 8.04. The third kappa shape index (κ3) is 2.36. The third-order valence-electron chi connectivity index (χ3n) is 2.06. The first kappa shape index (κ1) is 12.6. The first-order valence-corrected chi connectivity index (χ1v) is 4.43. The van der Waals surface area contributed by atoms with E-state index in [-0.39, 0.29) is 28.6 Å². The monoisotopic (exact) mass is 241 g/mol. The van der Waals surface area contributed by atoms with Crippen molar-refractivity contribution in [3.63, 3.8) is 0 Å². The normalized spacial score (nSPS) is 11.1. The van der Waals surface area contributed by atoms with Gasteiger partial charge < -0.3 is 20.4 Å². The standard InChI is InChI=1S/C9H11N3O5/c1-16-7-4-5(9(10)11-13)3-6(12(14)15)8(7)17-2/h3-4,13H,1-2H3,(H2,10,11). The van der Waals surface area contributed by atoms with Crippen LogP contribution in [0.5, 0.6) is 11.5 Å². The molecule has 92 valence electrons. The van der Waals surface area contributed by atoms with Crippen molar-refractivity contribution in [1.29, 1.82) is 0 Å². The molecule has 0 aliphatic carbocycles. The van der Waals surface area contributed by atoms with Crippen molar-refractivity contribution >= 4 is 11.5 Å². The van der Waals surface area contributed by atoms with Gasteiger partial charge in [0.2, 0.25) is 5.75 Å². The number of oxime groups is 1. The van der Waals surface area contributed by atoms with E-state index in [1.165, 1.54) is 20.3 Å². The lowest BCUT2D eigenvalue weighted by Gasteiger charge is -2.09. The maximum absolute atomic E-state index is 10.8. The van der Waals surface area contributed by atoms with Gasteiger partial charge in [-0.25, -0.2) is 0 Å². The van der Waals surface area contributed by atoms with E-state index in [9.17, 15) is 10.1 Å². The van der Waals surface area contributed by atoms with Crippen LogP contribution >= 0.6 is 0 Å². The van der Waals surface area contributed by atoms with E-state index in [0.717, 1.165) is 6.07 Å². The van der Waals surface area contributed by atoms with E-state index >= 15 is 0 Å². The molecule has 0 fully saturated rings. The van der Waals surface area contributed by atoms with Crippen LogP contribution in [0, 0.1) is 10.1 Å². The Morgan fingerprint density at radius 3 is 2.53 bits per heavy atom. The average Bonchev–Trinajstić information content (AvgIpc) is 2.35. The molecule has 0 spiro atoms. The lowest BCUT2D eigenvalue weighted by molar-refractivity contribution is -0.385. The first-order valence-electron chi connectivity index (χ1n) is 4.43. The van der Waals surface area contributed by atoms with Gasteiger partial charge in [0.05, 0.1) is 19.1 Å². The Morgan fingerprint density at radius 1 is 1.47 bits per heavy atom. The molecule has 17 heavy (non-hydrogen) atoms. The highest BCUT2D eigenvalue weighted by molar-refractivity contribution is 5.98. The maximum atomic E-state index is 10.8. The minimum atomic E-state index is -0.643. The molecule has 0 aliphatic heterocycles. The highest BCUT2D eigenvalue weighted by Crippen LogP contribution is 2.37. The topological polar surface area (TPSA) is 120 Å². The molecule has 3 N–H and O–H groups in total. The Labute approximate surface area is 96.4 Å². The molecule has 1 rings (SSSR count). The van der Waals surface area contributed by atoms with Gasteiger partial charge in [-0.15, -0.1) is 0 Å². The number of hydrogen-bond acceptors (Lipinski definition) is 6. The predicted molar refractivity (Wildman–Crippen MR) is 58.7 cm³/mol. The van der Waals surface area contributed by atoms with Gasteiger partial charge in [-0.2, -0.15) is 0 Å². The molecular weight excluding hydrogens is 230 g/mol. The maximum Gasteiger partial charge on any atom is 0.315 e. The van der Waals surface area contributed by atoms with Gasteiger partial charge in [0.15, 0.2) is 11.6 Å². The van der Waals surface area contributed by atoms with Crippen LogP contribution in [0.3, 0.4) is 0 Å². The number of nitrogens with two attached hydrogens (primary N) is 1. The number of hydrogen-bond donors (Lipinski definition) is 2. The SMILES string of the molecule is COc1cc(/C(N)=N\O)cc([N+](=O)[O-])c1OC. The number of amidine groups is 1. The van der Waals surface area contributed by atoms with Crippen molar-refractivity contribution in [3.05, 3.63) is 27.8 Å². The van der Waals surface area contributed by atoms with Gasteiger partial charge in [-0.3, -0.25) is 10.1 Å². The lowest BCUT2D eigenvalue weighted by atomic mass is 10.1. The molecule has 1 aromatic rings. The number of benzene rings is 1. The number of nitro groups is 1. The third-order valence-corrected chi connectivity index (χ3v) is 2.06. The van der Waals surface area contributed by atoms with E-state index in [1.807, 2.05) is 0 Å². The highest BCUT2D eigenvalue weighted by Gasteiger charge is 2.22. The molecular formula is C9H11N3O5. The Balaban J connectivity index is 3.51. The average molecular weight is 241 g/mol. The van der Waals surface area contributed by atoms with Crippen LogP contribution in [-0.2, 0) is 0 Å². The molecule has 0 atom stereocenters. The van der Waals surface area contributed by atoms with Crippen LogP contribution in [0.4, 0.5) is 5.69 Å². The summed E-state index contributed by atoms with van der Waals surface area (Å²) in [5.74, 6) is -0.149. The molecule has 0 unspecified atom stereocenters. The zero-order valence-corrected chi connectivity index (χ0v) is 9.21. The summed E-state index contributed by atoms with van der Waals surface area (Å²) in [6.07, 6.45) is 0. The molecule has 8 heteroatoms. The van der Waals surface area contributed by atoms with Crippen LogP contribution in [0.2, 0.25) is 0 Å². The van der Waals surface area contributed by atoms with Crippen LogP contribution in [0.15, 0.2) is 17.3 Å². The second-order valence-corrected chi connectivity index (χ2v) is 2.97. The molecule has 0 heterocycles. The molecule has 0 radical (unpaired) electrons. The van der Waals surface area contributed by atoms with Crippen LogP contribution in [0.25, 0.3) is 0 Å². The summed E-state index contributed by atoms with van der Waals surface area (Å²) in [6.45, 7) is 0. The van der Waals surface area contributed by atoms with Crippen molar-refractivity contribution in [3.8, 4) is 11.5 Å². The molecule has 0 bridgehead atoms. The Kier molecular flexibility index (Phi) is 3.70. The minimum absolute atomic E-state index is 0.0213. The fraction of sp³-hybridized carbons (Fsp3) is 0.222. The molecule has 0 aromatic heterocycles. The number of nitro benzene ring substituents is 1. The van der Waals surface area contributed by atoms with Gasteiger partial charge in [-0.1, -0.05) is 5.16 Å². The number of nitrogens with zero attached hydrogens (tertiary/aromatic N) is 2.